The van der Waals surface area contributed by atoms with Crippen LogP contribution in [0.5, 0.6) is 0 Å². The van der Waals surface area contributed by atoms with Gasteiger partial charge in [0.25, 0.3) is 5.56 Å². The molecule has 6 heteroatoms. The normalized spacial score (nSPS) is 10.7. The van der Waals surface area contributed by atoms with Gasteiger partial charge in [0, 0.05) is 18.8 Å². The van der Waals surface area contributed by atoms with Gasteiger partial charge < -0.3 is 4.98 Å². The van der Waals surface area contributed by atoms with Gasteiger partial charge in [-0.1, -0.05) is 0 Å². The third-order valence-electron chi connectivity index (χ3n) is 2.55. The molecule has 0 amide bonds. The van der Waals surface area contributed by atoms with Crippen LogP contribution >= 0.6 is 0 Å². The van der Waals surface area contributed by atoms with Crippen LogP contribution in [0, 0.1) is 6.92 Å². The Bertz CT molecular complexity index is 607. The molecule has 0 aliphatic carbocycles. The molecule has 2 heterocycles. The summed E-state index contributed by atoms with van der Waals surface area (Å²) < 4.78 is 2.94. The van der Waals surface area contributed by atoms with E-state index in [1.54, 1.807) is 4.68 Å². The van der Waals surface area contributed by atoms with Crippen molar-refractivity contribution in [1.29, 1.82) is 0 Å². The number of aryl methyl sites for hydroxylation is 2. The van der Waals surface area contributed by atoms with Crippen molar-refractivity contribution in [2.24, 2.45) is 0 Å². The first-order chi connectivity index (χ1) is 8.11. The van der Waals surface area contributed by atoms with Crippen LogP contribution in [0.2, 0.25) is 0 Å². The Balaban J connectivity index is 2.44. The molecule has 0 aliphatic rings. The summed E-state index contributed by atoms with van der Waals surface area (Å²) >= 11 is 0. The van der Waals surface area contributed by atoms with Crippen LogP contribution in [0.15, 0.2) is 27.9 Å². The minimum Gasteiger partial charge on any atom is -0.314 e. The zero-order chi connectivity index (χ0) is 12.4. The SMILES string of the molecule is CCn1nc(C)cc1Cn1c(=O)cc[nH]c1=O. The van der Waals surface area contributed by atoms with Crippen molar-refractivity contribution in [3.63, 3.8) is 0 Å². The molecule has 0 radical (unpaired) electrons. The number of aromatic nitrogens is 4. The Hall–Kier alpha value is -2.11. The lowest BCUT2D eigenvalue weighted by molar-refractivity contribution is 0.580. The quantitative estimate of drug-likeness (QED) is 0.819. The first-order valence-corrected chi connectivity index (χ1v) is 5.43. The minimum atomic E-state index is -0.404. The topological polar surface area (TPSA) is 72.7 Å². The molecule has 0 atom stereocenters. The van der Waals surface area contributed by atoms with Crippen LogP contribution in [-0.2, 0) is 13.1 Å². The van der Waals surface area contributed by atoms with Crippen molar-refractivity contribution >= 4 is 0 Å². The lowest BCUT2D eigenvalue weighted by Crippen LogP contribution is -2.34. The van der Waals surface area contributed by atoms with E-state index in [2.05, 4.69) is 10.1 Å². The number of hydrogen-bond donors (Lipinski definition) is 1. The van der Waals surface area contributed by atoms with Gasteiger partial charge in [0.15, 0.2) is 0 Å². The standard InChI is InChI=1S/C11H14N4O2/c1-3-15-9(6-8(2)13-15)7-14-10(16)4-5-12-11(14)17/h4-6H,3,7H2,1-2H3,(H,12,17). The Kier molecular flexibility index (Phi) is 2.95. The van der Waals surface area contributed by atoms with E-state index in [0.29, 0.717) is 6.54 Å². The van der Waals surface area contributed by atoms with Gasteiger partial charge in [0.05, 0.1) is 17.9 Å². The summed E-state index contributed by atoms with van der Waals surface area (Å²) in [5, 5.41) is 4.27. The minimum absolute atomic E-state index is 0.240. The van der Waals surface area contributed by atoms with Crippen molar-refractivity contribution < 1.29 is 0 Å². The molecule has 0 spiro atoms. The Labute approximate surface area is 97.5 Å². The van der Waals surface area contributed by atoms with E-state index in [1.807, 2.05) is 19.9 Å². The number of nitrogens with zero attached hydrogens (tertiary/aromatic N) is 3. The van der Waals surface area contributed by atoms with Gasteiger partial charge in [0.2, 0.25) is 0 Å². The van der Waals surface area contributed by atoms with Crippen LogP contribution in [0.3, 0.4) is 0 Å². The molecular weight excluding hydrogens is 220 g/mol. The van der Waals surface area contributed by atoms with Gasteiger partial charge in [-0.3, -0.25) is 14.0 Å². The van der Waals surface area contributed by atoms with Gasteiger partial charge in [-0.2, -0.15) is 5.10 Å². The molecule has 0 saturated heterocycles. The predicted molar refractivity (Wildman–Crippen MR) is 63.1 cm³/mol. The lowest BCUT2D eigenvalue weighted by atomic mass is 10.3. The highest BCUT2D eigenvalue weighted by atomic mass is 16.2. The molecular formula is C11H14N4O2. The largest absolute Gasteiger partial charge is 0.328 e. The van der Waals surface area contributed by atoms with Gasteiger partial charge in [-0.05, 0) is 19.9 Å². The van der Waals surface area contributed by atoms with Crippen LogP contribution < -0.4 is 11.2 Å². The Morgan fingerprint density at radius 2 is 2.18 bits per heavy atom. The van der Waals surface area contributed by atoms with Gasteiger partial charge in [-0.15, -0.1) is 0 Å². The molecule has 2 aromatic heterocycles. The number of aromatic amines is 1. The highest BCUT2D eigenvalue weighted by Gasteiger charge is 2.07. The third kappa shape index (κ3) is 2.20. The maximum absolute atomic E-state index is 11.6. The molecule has 0 unspecified atom stereocenters. The molecule has 0 aliphatic heterocycles. The molecule has 2 aromatic rings. The maximum Gasteiger partial charge on any atom is 0.328 e. The first kappa shape index (κ1) is 11.4. The average molecular weight is 234 g/mol. The summed E-state index contributed by atoms with van der Waals surface area (Å²) in [5.74, 6) is 0. The molecule has 0 aromatic carbocycles. The van der Waals surface area contributed by atoms with E-state index < -0.39 is 5.69 Å². The summed E-state index contributed by atoms with van der Waals surface area (Å²) in [6, 6.07) is 3.21. The molecule has 6 nitrogen and oxygen atoms in total. The zero-order valence-electron chi connectivity index (χ0n) is 9.80. The van der Waals surface area contributed by atoms with Gasteiger partial charge >= 0.3 is 5.69 Å². The third-order valence-corrected chi connectivity index (χ3v) is 2.55. The highest BCUT2D eigenvalue weighted by Crippen LogP contribution is 2.03. The second kappa shape index (κ2) is 4.40. The smallest absolute Gasteiger partial charge is 0.314 e. The van der Waals surface area contributed by atoms with Gasteiger partial charge in [-0.25, -0.2) is 4.79 Å². The Morgan fingerprint density at radius 3 is 2.82 bits per heavy atom. The van der Waals surface area contributed by atoms with Crippen LogP contribution in [-0.4, -0.2) is 19.3 Å². The van der Waals surface area contributed by atoms with Crippen molar-refractivity contribution in [2.45, 2.75) is 26.9 Å². The molecule has 0 fully saturated rings. The molecule has 2 rings (SSSR count). The summed E-state index contributed by atoms with van der Waals surface area (Å²) in [7, 11) is 0. The Morgan fingerprint density at radius 1 is 1.41 bits per heavy atom. The summed E-state index contributed by atoms with van der Waals surface area (Å²) in [5.41, 5.74) is 1.01. The van der Waals surface area contributed by atoms with Crippen molar-refractivity contribution in [2.75, 3.05) is 0 Å². The monoisotopic (exact) mass is 234 g/mol. The van der Waals surface area contributed by atoms with E-state index in [4.69, 9.17) is 0 Å². The number of H-pyrrole nitrogens is 1. The number of rotatable bonds is 3. The predicted octanol–water partition coefficient (Wildman–Crippen LogP) is 0.110. The molecule has 0 saturated carbocycles. The van der Waals surface area contributed by atoms with Crippen LogP contribution in [0.1, 0.15) is 18.3 Å². The number of nitrogens with one attached hydrogen (secondary N) is 1. The summed E-state index contributed by atoms with van der Waals surface area (Å²) in [6.45, 7) is 4.80. The van der Waals surface area contributed by atoms with Crippen LogP contribution in [0.4, 0.5) is 0 Å². The van der Waals surface area contributed by atoms with Crippen molar-refractivity contribution in [3.05, 3.63) is 50.6 Å². The summed E-state index contributed by atoms with van der Waals surface area (Å²) in [6.07, 6.45) is 1.35. The second-order valence-corrected chi connectivity index (χ2v) is 3.80. The fourth-order valence-corrected chi connectivity index (χ4v) is 1.76. The molecule has 17 heavy (non-hydrogen) atoms. The fraction of sp³-hybridized carbons (Fsp3) is 0.364. The van der Waals surface area contributed by atoms with E-state index in [0.717, 1.165) is 16.0 Å². The van der Waals surface area contributed by atoms with E-state index in [-0.39, 0.29) is 12.1 Å². The average Bonchev–Trinajstić information content (AvgIpc) is 2.64. The van der Waals surface area contributed by atoms with Crippen molar-refractivity contribution in [3.8, 4) is 0 Å². The highest BCUT2D eigenvalue weighted by molar-refractivity contribution is 5.09. The molecule has 90 valence electrons. The maximum atomic E-state index is 11.6. The summed E-state index contributed by atoms with van der Waals surface area (Å²) in [4.78, 5) is 25.6. The van der Waals surface area contributed by atoms with Gasteiger partial charge in [0.1, 0.15) is 0 Å². The van der Waals surface area contributed by atoms with Crippen LogP contribution in [0.25, 0.3) is 0 Å². The van der Waals surface area contributed by atoms with Crippen molar-refractivity contribution in [1.82, 2.24) is 19.3 Å². The van der Waals surface area contributed by atoms with E-state index >= 15 is 0 Å². The fourth-order valence-electron chi connectivity index (χ4n) is 1.76. The first-order valence-electron chi connectivity index (χ1n) is 5.43. The second-order valence-electron chi connectivity index (χ2n) is 3.80. The molecule has 1 N–H and O–H groups in total. The van der Waals surface area contributed by atoms with E-state index in [1.165, 1.54) is 12.3 Å². The molecule has 0 bridgehead atoms. The zero-order valence-corrected chi connectivity index (χ0v) is 9.80. The number of hydrogen-bond acceptors (Lipinski definition) is 3. The lowest BCUT2D eigenvalue weighted by Gasteiger charge is -2.05. The van der Waals surface area contributed by atoms with E-state index in [9.17, 15) is 9.59 Å².